The lowest BCUT2D eigenvalue weighted by Crippen LogP contribution is -2.06. The summed E-state index contributed by atoms with van der Waals surface area (Å²) < 4.78 is 16.3. The highest BCUT2D eigenvalue weighted by molar-refractivity contribution is 9.10. The molecule has 0 fully saturated rings. The summed E-state index contributed by atoms with van der Waals surface area (Å²) in [5, 5.41) is 14.1. The van der Waals surface area contributed by atoms with Crippen LogP contribution in [0.15, 0.2) is 22.7 Å². The first-order chi connectivity index (χ1) is 8.90. The van der Waals surface area contributed by atoms with Crippen LogP contribution in [0.2, 0.25) is 0 Å². The largest absolute Gasteiger partial charge is 0.389 e. The van der Waals surface area contributed by atoms with Crippen LogP contribution in [0.1, 0.15) is 35.5 Å². The van der Waals surface area contributed by atoms with Crippen molar-refractivity contribution in [2.75, 3.05) is 0 Å². The molecular weight excluding hydrogens is 311 g/mol. The molecule has 1 heterocycles. The van der Waals surface area contributed by atoms with E-state index < -0.39 is 6.10 Å². The number of rotatable bonds is 3. The van der Waals surface area contributed by atoms with Crippen molar-refractivity contribution in [1.82, 2.24) is 9.78 Å². The van der Waals surface area contributed by atoms with Crippen LogP contribution in [0.4, 0.5) is 4.39 Å². The van der Waals surface area contributed by atoms with Crippen molar-refractivity contribution in [3.63, 3.8) is 0 Å². The minimum absolute atomic E-state index is 0.263. The Morgan fingerprint density at radius 2 is 2.11 bits per heavy atom. The fraction of sp³-hybridized carbons (Fsp3) is 0.357. The molecule has 3 nitrogen and oxygen atoms in total. The van der Waals surface area contributed by atoms with Crippen LogP contribution in [0, 0.1) is 19.7 Å². The molecular formula is C14H16BrFN2O. The summed E-state index contributed by atoms with van der Waals surface area (Å²) in [6.45, 7) is 5.81. The van der Waals surface area contributed by atoms with Gasteiger partial charge in [-0.2, -0.15) is 5.10 Å². The number of aromatic nitrogens is 2. The van der Waals surface area contributed by atoms with Crippen LogP contribution in [-0.2, 0) is 6.54 Å². The van der Waals surface area contributed by atoms with Crippen molar-refractivity contribution in [1.29, 1.82) is 0 Å². The molecule has 0 amide bonds. The Bertz CT molecular complexity index is 608. The van der Waals surface area contributed by atoms with Crippen molar-refractivity contribution >= 4 is 15.9 Å². The fourth-order valence-electron chi connectivity index (χ4n) is 2.28. The van der Waals surface area contributed by atoms with Crippen molar-refractivity contribution < 1.29 is 9.50 Å². The van der Waals surface area contributed by atoms with Crippen molar-refractivity contribution in [3.8, 4) is 0 Å². The number of hydrogen-bond donors (Lipinski definition) is 1. The molecule has 102 valence electrons. The Hall–Kier alpha value is -1.20. The number of halogens is 2. The van der Waals surface area contributed by atoms with Gasteiger partial charge < -0.3 is 5.11 Å². The van der Waals surface area contributed by atoms with Gasteiger partial charge in [-0.1, -0.05) is 22.0 Å². The normalized spacial score (nSPS) is 12.7. The van der Waals surface area contributed by atoms with E-state index in [0.717, 1.165) is 17.0 Å². The molecule has 0 aliphatic carbocycles. The molecule has 1 aromatic carbocycles. The van der Waals surface area contributed by atoms with Gasteiger partial charge in [0, 0.05) is 21.3 Å². The molecule has 0 spiro atoms. The Morgan fingerprint density at radius 3 is 2.63 bits per heavy atom. The monoisotopic (exact) mass is 326 g/mol. The van der Waals surface area contributed by atoms with Gasteiger partial charge in [0.2, 0.25) is 0 Å². The smallest absolute Gasteiger partial charge is 0.129 e. The van der Waals surface area contributed by atoms with E-state index >= 15 is 0 Å². The highest BCUT2D eigenvalue weighted by Crippen LogP contribution is 2.23. The quantitative estimate of drug-likeness (QED) is 0.937. The van der Waals surface area contributed by atoms with Gasteiger partial charge in [0.15, 0.2) is 0 Å². The zero-order chi connectivity index (χ0) is 14.2. The third-order valence-corrected chi connectivity index (χ3v) is 3.68. The lowest BCUT2D eigenvalue weighted by atomic mass is 10.1. The maximum absolute atomic E-state index is 13.8. The summed E-state index contributed by atoms with van der Waals surface area (Å²) in [6, 6.07) is 4.98. The van der Waals surface area contributed by atoms with Gasteiger partial charge in [0.05, 0.1) is 18.3 Å². The van der Waals surface area contributed by atoms with Gasteiger partial charge in [-0.3, -0.25) is 4.68 Å². The SMILES string of the molecule is Cc1nn(Cc2ccc(Br)cc2F)c(C)c1C(C)O. The van der Waals surface area contributed by atoms with E-state index in [1.54, 1.807) is 23.7 Å². The van der Waals surface area contributed by atoms with E-state index in [4.69, 9.17) is 0 Å². The molecule has 1 unspecified atom stereocenters. The summed E-state index contributed by atoms with van der Waals surface area (Å²) in [7, 11) is 0. The third kappa shape index (κ3) is 2.87. The van der Waals surface area contributed by atoms with E-state index in [-0.39, 0.29) is 5.82 Å². The van der Waals surface area contributed by atoms with Gasteiger partial charge >= 0.3 is 0 Å². The molecule has 2 rings (SSSR count). The maximum Gasteiger partial charge on any atom is 0.129 e. The van der Waals surface area contributed by atoms with Crippen molar-refractivity contribution in [2.45, 2.75) is 33.4 Å². The second-order valence-corrected chi connectivity index (χ2v) is 5.57. The minimum atomic E-state index is -0.566. The van der Waals surface area contributed by atoms with Crippen LogP contribution < -0.4 is 0 Å². The third-order valence-electron chi connectivity index (χ3n) is 3.19. The average molecular weight is 327 g/mol. The molecule has 0 bridgehead atoms. The first-order valence-electron chi connectivity index (χ1n) is 6.06. The lowest BCUT2D eigenvalue weighted by molar-refractivity contribution is 0.197. The minimum Gasteiger partial charge on any atom is -0.389 e. The van der Waals surface area contributed by atoms with Gasteiger partial charge in [-0.25, -0.2) is 4.39 Å². The number of aryl methyl sites for hydroxylation is 1. The van der Waals surface area contributed by atoms with Gasteiger partial charge in [0.1, 0.15) is 5.82 Å². The topological polar surface area (TPSA) is 38.0 Å². The number of nitrogens with zero attached hydrogens (tertiary/aromatic N) is 2. The van der Waals surface area contributed by atoms with E-state index in [1.165, 1.54) is 6.07 Å². The molecule has 2 aromatic rings. The zero-order valence-corrected chi connectivity index (χ0v) is 12.7. The molecule has 1 aromatic heterocycles. The van der Waals surface area contributed by atoms with Crippen LogP contribution in [0.25, 0.3) is 0 Å². The van der Waals surface area contributed by atoms with Gasteiger partial charge in [0.25, 0.3) is 0 Å². The van der Waals surface area contributed by atoms with Crippen LogP contribution in [0.3, 0.4) is 0 Å². The van der Waals surface area contributed by atoms with E-state index in [9.17, 15) is 9.50 Å². The van der Waals surface area contributed by atoms with E-state index in [1.807, 2.05) is 13.8 Å². The Balaban J connectivity index is 2.36. The molecule has 0 saturated heterocycles. The Morgan fingerprint density at radius 1 is 1.42 bits per heavy atom. The maximum atomic E-state index is 13.8. The van der Waals surface area contributed by atoms with Crippen molar-refractivity contribution in [3.05, 3.63) is 51.0 Å². The highest BCUT2D eigenvalue weighted by atomic mass is 79.9. The number of hydrogen-bond acceptors (Lipinski definition) is 2. The highest BCUT2D eigenvalue weighted by Gasteiger charge is 2.16. The van der Waals surface area contributed by atoms with Crippen LogP contribution in [-0.4, -0.2) is 14.9 Å². The Labute approximate surface area is 120 Å². The molecule has 0 aliphatic heterocycles. The summed E-state index contributed by atoms with van der Waals surface area (Å²) in [5.74, 6) is -0.263. The number of aliphatic hydroxyl groups is 1. The first-order valence-corrected chi connectivity index (χ1v) is 6.85. The van der Waals surface area contributed by atoms with Gasteiger partial charge in [-0.05, 0) is 32.9 Å². The van der Waals surface area contributed by atoms with E-state index in [0.29, 0.717) is 16.6 Å². The molecule has 1 atom stereocenters. The summed E-state index contributed by atoms with van der Waals surface area (Å²) in [4.78, 5) is 0. The predicted octanol–water partition coefficient (Wildman–Crippen LogP) is 3.50. The fourth-order valence-corrected chi connectivity index (χ4v) is 2.61. The second kappa shape index (κ2) is 5.43. The first kappa shape index (κ1) is 14.2. The molecule has 19 heavy (non-hydrogen) atoms. The van der Waals surface area contributed by atoms with Gasteiger partial charge in [-0.15, -0.1) is 0 Å². The van der Waals surface area contributed by atoms with E-state index in [2.05, 4.69) is 21.0 Å². The van der Waals surface area contributed by atoms with Crippen LogP contribution >= 0.6 is 15.9 Å². The Kier molecular flexibility index (Phi) is 4.06. The summed E-state index contributed by atoms with van der Waals surface area (Å²) >= 11 is 3.24. The predicted molar refractivity (Wildman–Crippen MR) is 75.5 cm³/mol. The second-order valence-electron chi connectivity index (χ2n) is 4.65. The van der Waals surface area contributed by atoms with Crippen molar-refractivity contribution in [2.24, 2.45) is 0 Å². The number of benzene rings is 1. The molecule has 5 heteroatoms. The number of aliphatic hydroxyl groups excluding tert-OH is 1. The molecule has 1 N–H and O–H groups in total. The lowest BCUT2D eigenvalue weighted by Gasteiger charge is -2.08. The van der Waals surface area contributed by atoms with Crippen LogP contribution in [0.5, 0.6) is 0 Å². The molecule has 0 saturated carbocycles. The summed E-state index contributed by atoms with van der Waals surface area (Å²) in [5.41, 5.74) is 3.04. The average Bonchev–Trinajstić information content (AvgIpc) is 2.58. The molecule has 0 aliphatic rings. The molecule has 0 radical (unpaired) electrons. The zero-order valence-electron chi connectivity index (χ0n) is 11.1. The summed E-state index contributed by atoms with van der Waals surface area (Å²) in [6.07, 6.45) is -0.566. The standard InChI is InChI=1S/C14H16BrFN2O/c1-8-14(10(3)19)9(2)18(17-8)7-11-4-5-12(15)6-13(11)16/h4-6,10,19H,7H2,1-3H3.